The highest BCUT2D eigenvalue weighted by Crippen LogP contribution is 2.57. The Kier molecular flexibility index (Phi) is 9.37. The van der Waals surface area contributed by atoms with Gasteiger partial charge in [0.25, 0.3) is 0 Å². The van der Waals surface area contributed by atoms with Gasteiger partial charge in [-0.25, -0.2) is 0 Å². The van der Waals surface area contributed by atoms with Gasteiger partial charge in [0, 0.05) is 49.7 Å². The fourth-order valence-electron chi connectivity index (χ4n) is 13.0. The lowest BCUT2D eigenvalue weighted by Gasteiger charge is -2.29. The Bertz CT molecular complexity index is 4210. The van der Waals surface area contributed by atoms with Crippen LogP contribution in [0.5, 0.6) is 0 Å². The average Bonchev–Trinajstić information content (AvgIpc) is 3.98. The lowest BCUT2D eigenvalue weighted by atomic mass is 9.80. The summed E-state index contributed by atoms with van der Waals surface area (Å²) in [5, 5.41) is 9.86. The van der Waals surface area contributed by atoms with E-state index in [-0.39, 0.29) is 10.8 Å². The van der Waals surface area contributed by atoms with Crippen molar-refractivity contribution in [3.8, 4) is 22.3 Å². The SMILES string of the molecule is CC(C)c1ccc(N(c2ccc3c(c2)-c2ccccc2C3(C)C)c2ccc3c(c2)C(C)(C)c2cc4ccc5c(N(c6ccc(C(C)C)cc6)c6cccc7c6oc6ccccc67)ccc6ccc(c2-3)c4c65)cc1. The number of rotatable bonds is 8. The van der Waals surface area contributed by atoms with Gasteiger partial charge in [-0.2, -0.15) is 0 Å². The Morgan fingerprint density at radius 3 is 1.73 bits per heavy atom. The summed E-state index contributed by atoms with van der Waals surface area (Å²) < 4.78 is 6.78. The maximum absolute atomic E-state index is 6.78. The normalized spacial score (nSPS) is 14.2. The molecule has 0 aliphatic heterocycles. The summed E-state index contributed by atoms with van der Waals surface area (Å²) in [7, 11) is 0. The molecule has 1 heterocycles. The van der Waals surface area contributed by atoms with Crippen LogP contribution in [0, 0.1) is 0 Å². The lowest BCUT2D eigenvalue weighted by molar-refractivity contribution is 0.660. The Labute approximate surface area is 428 Å². The summed E-state index contributed by atoms with van der Waals surface area (Å²) in [6, 6.07) is 73.3. The first-order chi connectivity index (χ1) is 35.4. The molecule has 0 bridgehead atoms. The highest BCUT2D eigenvalue weighted by molar-refractivity contribution is 6.29. The predicted octanol–water partition coefficient (Wildman–Crippen LogP) is 20.3. The van der Waals surface area contributed by atoms with Crippen molar-refractivity contribution in [2.45, 2.75) is 78.1 Å². The molecule has 0 unspecified atom stereocenters. The van der Waals surface area contributed by atoms with Crippen molar-refractivity contribution in [2.24, 2.45) is 0 Å². The fourth-order valence-corrected chi connectivity index (χ4v) is 13.0. The highest BCUT2D eigenvalue weighted by Gasteiger charge is 2.39. The van der Waals surface area contributed by atoms with Crippen molar-refractivity contribution in [3.05, 3.63) is 228 Å². The average molecular weight is 943 g/mol. The molecule has 0 radical (unpaired) electrons. The van der Waals surface area contributed by atoms with Crippen LogP contribution in [-0.4, -0.2) is 0 Å². The Morgan fingerprint density at radius 2 is 0.959 bits per heavy atom. The van der Waals surface area contributed by atoms with Gasteiger partial charge in [0.05, 0.1) is 11.4 Å². The number of para-hydroxylation sites is 2. The van der Waals surface area contributed by atoms with Crippen molar-refractivity contribution in [2.75, 3.05) is 9.80 Å². The fraction of sp³-hybridized carbons (Fsp3) is 0.171. The van der Waals surface area contributed by atoms with Crippen molar-refractivity contribution in [1.29, 1.82) is 0 Å². The number of fused-ring (bicyclic) bond motifs is 10. The standard InChI is InChI=1S/C70H58N2O/c1-41(2)43-20-27-47(28-21-43)71(49-32-36-59-57(39-49)51-14-9-11-17-58(51)69(59,5)6)50-31-35-54-60(40-50)70(7,8)61-38-46-25-33-55-62(37-26-45-24-34-56(67(54)61)66(46)65(45)55)72(48-29-22-44(23-30-48)42(3)4)63-18-13-16-53-52-15-10-12-19-64(52)73-68(53)63/h9-42H,1-8H3. The Balaban J connectivity index is 0.951. The number of furan rings is 1. The summed E-state index contributed by atoms with van der Waals surface area (Å²) in [4.78, 5) is 4.90. The van der Waals surface area contributed by atoms with E-state index in [2.05, 4.69) is 259 Å². The van der Waals surface area contributed by atoms with Crippen molar-refractivity contribution in [1.82, 2.24) is 0 Å². The van der Waals surface area contributed by atoms with Crippen LogP contribution in [-0.2, 0) is 10.8 Å². The van der Waals surface area contributed by atoms with Gasteiger partial charge >= 0.3 is 0 Å². The second-order valence-corrected chi connectivity index (χ2v) is 22.5. The summed E-state index contributed by atoms with van der Waals surface area (Å²) in [5.74, 6) is 0.876. The molecule has 0 fully saturated rings. The molecule has 3 heteroatoms. The van der Waals surface area contributed by atoms with Crippen LogP contribution in [0.3, 0.4) is 0 Å². The molecule has 73 heavy (non-hydrogen) atoms. The summed E-state index contributed by atoms with van der Waals surface area (Å²) >= 11 is 0. The first-order valence-corrected chi connectivity index (χ1v) is 26.2. The number of benzene rings is 11. The van der Waals surface area contributed by atoms with Gasteiger partial charge in [0.1, 0.15) is 5.58 Å². The van der Waals surface area contributed by atoms with E-state index in [1.807, 2.05) is 0 Å². The monoisotopic (exact) mass is 942 g/mol. The smallest absolute Gasteiger partial charge is 0.159 e. The molecule has 3 nitrogen and oxygen atoms in total. The molecular formula is C70H58N2O. The van der Waals surface area contributed by atoms with Crippen LogP contribution < -0.4 is 9.80 Å². The third-order valence-corrected chi connectivity index (χ3v) is 17.0. The van der Waals surface area contributed by atoms with E-state index in [4.69, 9.17) is 4.42 Å². The van der Waals surface area contributed by atoms with E-state index in [1.54, 1.807) is 0 Å². The minimum absolute atomic E-state index is 0.0629. The van der Waals surface area contributed by atoms with Crippen LogP contribution in [0.4, 0.5) is 34.1 Å². The zero-order chi connectivity index (χ0) is 49.7. The molecule has 354 valence electrons. The molecule has 12 aromatic rings. The molecule has 14 rings (SSSR count). The van der Waals surface area contributed by atoms with Gasteiger partial charge in [-0.15, -0.1) is 0 Å². The Morgan fingerprint density at radius 1 is 0.370 bits per heavy atom. The third-order valence-electron chi connectivity index (χ3n) is 17.0. The maximum atomic E-state index is 6.78. The summed E-state index contributed by atoms with van der Waals surface area (Å²) in [5.41, 5.74) is 21.6. The van der Waals surface area contributed by atoms with E-state index < -0.39 is 0 Å². The number of nitrogens with zero attached hydrogens (tertiary/aromatic N) is 2. The molecule has 0 amide bonds. The van der Waals surface area contributed by atoms with Crippen LogP contribution in [0.2, 0.25) is 0 Å². The molecule has 1 aromatic heterocycles. The van der Waals surface area contributed by atoms with E-state index in [0.29, 0.717) is 11.8 Å². The van der Waals surface area contributed by atoms with E-state index >= 15 is 0 Å². The molecule has 0 atom stereocenters. The van der Waals surface area contributed by atoms with E-state index in [1.165, 1.54) is 88.0 Å². The summed E-state index contributed by atoms with van der Waals surface area (Å²) in [6.45, 7) is 18.6. The van der Waals surface area contributed by atoms with Gasteiger partial charge in [0.2, 0.25) is 0 Å². The van der Waals surface area contributed by atoms with Gasteiger partial charge in [-0.3, -0.25) is 0 Å². The van der Waals surface area contributed by atoms with Gasteiger partial charge < -0.3 is 14.2 Å². The largest absolute Gasteiger partial charge is 0.454 e. The van der Waals surface area contributed by atoms with E-state index in [9.17, 15) is 0 Å². The maximum Gasteiger partial charge on any atom is 0.159 e. The number of hydrogen-bond donors (Lipinski definition) is 0. The van der Waals surface area contributed by atoms with Crippen LogP contribution in [0.1, 0.15) is 101 Å². The Hall–Kier alpha value is -8.14. The highest BCUT2D eigenvalue weighted by atomic mass is 16.3. The first kappa shape index (κ1) is 43.6. The lowest BCUT2D eigenvalue weighted by Crippen LogP contribution is -2.17. The van der Waals surface area contributed by atoms with Gasteiger partial charge in [0.15, 0.2) is 5.58 Å². The number of anilines is 6. The molecule has 0 saturated carbocycles. The topological polar surface area (TPSA) is 19.6 Å². The molecule has 0 spiro atoms. The van der Waals surface area contributed by atoms with Crippen LogP contribution >= 0.6 is 0 Å². The predicted molar refractivity (Wildman–Crippen MR) is 310 cm³/mol. The first-order valence-electron chi connectivity index (χ1n) is 26.2. The minimum atomic E-state index is -0.255. The van der Waals surface area contributed by atoms with Crippen LogP contribution in [0.25, 0.3) is 76.5 Å². The van der Waals surface area contributed by atoms with Gasteiger partial charge in [-0.05, 0) is 167 Å². The zero-order valence-electron chi connectivity index (χ0n) is 42.9. The summed E-state index contributed by atoms with van der Waals surface area (Å²) in [6.07, 6.45) is 0. The molecule has 11 aromatic carbocycles. The number of hydrogen-bond acceptors (Lipinski definition) is 3. The third kappa shape index (κ3) is 6.31. The van der Waals surface area contributed by atoms with Crippen molar-refractivity contribution in [3.63, 3.8) is 0 Å². The zero-order valence-corrected chi connectivity index (χ0v) is 42.9. The van der Waals surface area contributed by atoms with Crippen molar-refractivity contribution < 1.29 is 4.42 Å². The second kappa shape index (κ2) is 15.7. The molecule has 0 N–H and O–H groups in total. The van der Waals surface area contributed by atoms with Crippen molar-refractivity contribution >= 4 is 88.4 Å². The quantitative estimate of drug-likeness (QED) is 0.142. The van der Waals surface area contributed by atoms with Gasteiger partial charge in [-0.1, -0.05) is 177 Å². The molecule has 0 saturated heterocycles. The molecule has 2 aliphatic rings. The molecule has 2 aliphatic carbocycles. The van der Waals surface area contributed by atoms with E-state index in [0.717, 1.165) is 56.1 Å². The van der Waals surface area contributed by atoms with Crippen LogP contribution in [0.15, 0.2) is 199 Å². The second-order valence-electron chi connectivity index (χ2n) is 22.5. The minimum Gasteiger partial charge on any atom is -0.454 e. The molecular weight excluding hydrogens is 885 g/mol.